The molecular formula is C18H29BrO. The SMILES string of the molecule is CCCCCCCCCCC(C)(O)c1ccccc1Br. The van der Waals surface area contributed by atoms with Gasteiger partial charge in [0, 0.05) is 4.47 Å². The van der Waals surface area contributed by atoms with Crippen molar-refractivity contribution in [2.24, 2.45) is 0 Å². The van der Waals surface area contributed by atoms with E-state index in [-0.39, 0.29) is 0 Å². The van der Waals surface area contributed by atoms with Gasteiger partial charge in [-0.2, -0.15) is 0 Å². The molecule has 1 atom stereocenters. The number of hydrogen-bond donors (Lipinski definition) is 1. The van der Waals surface area contributed by atoms with Crippen LogP contribution in [0.25, 0.3) is 0 Å². The Kier molecular flexibility index (Phi) is 8.47. The summed E-state index contributed by atoms with van der Waals surface area (Å²) in [5, 5.41) is 10.6. The molecule has 0 aliphatic heterocycles. The Morgan fingerprint density at radius 1 is 0.950 bits per heavy atom. The monoisotopic (exact) mass is 340 g/mol. The molecule has 0 amide bonds. The van der Waals surface area contributed by atoms with Crippen LogP contribution in [0.1, 0.15) is 77.2 Å². The first-order valence-electron chi connectivity index (χ1n) is 8.05. The lowest BCUT2D eigenvalue weighted by Crippen LogP contribution is -2.21. The van der Waals surface area contributed by atoms with Gasteiger partial charge < -0.3 is 5.11 Å². The number of rotatable bonds is 10. The van der Waals surface area contributed by atoms with Crippen molar-refractivity contribution in [1.29, 1.82) is 0 Å². The molecule has 0 heterocycles. The van der Waals surface area contributed by atoms with E-state index in [9.17, 15) is 5.11 Å². The van der Waals surface area contributed by atoms with Crippen LogP contribution < -0.4 is 0 Å². The minimum absolute atomic E-state index is 0.720. The van der Waals surface area contributed by atoms with Crippen molar-refractivity contribution < 1.29 is 5.11 Å². The fourth-order valence-electron chi connectivity index (χ4n) is 2.64. The van der Waals surface area contributed by atoms with Gasteiger partial charge in [0.15, 0.2) is 0 Å². The summed E-state index contributed by atoms with van der Waals surface area (Å²) in [5.74, 6) is 0. The Morgan fingerprint density at radius 3 is 2.10 bits per heavy atom. The molecule has 0 bridgehead atoms. The minimum atomic E-state index is -0.720. The average molecular weight is 341 g/mol. The molecule has 0 aliphatic carbocycles. The molecular weight excluding hydrogens is 312 g/mol. The summed E-state index contributed by atoms with van der Waals surface area (Å²) in [6.45, 7) is 4.18. The first kappa shape index (κ1) is 17.7. The van der Waals surface area contributed by atoms with Crippen LogP contribution in [0.15, 0.2) is 28.7 Å². The van der Waals surface area contributed by atoms with Crippen LogP contribution in [-0.4, -0.2) is 5.11 Å². The van der Waals surface area contributed by atoms with Gasteiger partial charge in [-0.3, -0.25) is 0 Å². The fraction of sp³-hybridized carbons (Fsp3) is 0.667. The van der Waals surface area contributed by atoms with E-state index >= 15 is 0 Å². The van der Waals surface area contributed by atoms with Crippen LogP contribution in [0.2, 0.25) is 0 Å². The normalized spacial score (nSPS) is 14.2. The van der Waals surface area contributed by atoms with E-state index in [1.165, 1.54) is 44.9 Å². The summed E-state index contributed by atoms with van der Waals surface area (Å²) < 4.78 is 1.00. The lowest BCUT2D eigenvalue weighted by atomic mass is 9.90. The smallest absolute Gasteiger partial charge is 0.0879 e. The van der Waals surface area contributed by atoms with Crippen molar-refractivity contribution in [2.75, 3.05) is 0 Å². The molecule has 0 aliphatic rings. The van der Waals surface area contributed by atoms with Crippen molar-refractivity contribution in [3.63, 3.8) is 0 Å². The van der Waals surface area contributed by atoms with Crippen molar-refractivity contribution >= 4 is 15.9 Å². The number of unbranched alkanes of at least 4 members (excludes halogenated alkanes) is 7. The molecule has 1 aromatic rings. The van der Waals surface area contributed by atoms with E-state index < -0.39 is 5.60 Å². The quantitative estimate of drug-likeness (QED) is 0.503. The van der Waals surface area contributed by atoms with Crippen LogP contribution in [0.3, 0.4) is 0 Å². The zero-order valence-corrected chi connectivity index (χ0v) is 14.6. The highest BCUT2D eigenvalue weighted by Gasteiger charge is 2.24. The third kappa shape index (κ3) is 6.41. The van der Waals surface area contributed by atoms with E-state index in [2.05, 4.69) is 22.9 Å². The maximum absolute atomic E-state index is 10.6. The second-order valence-electron chi connectivity index (χ2n) is 5.98. The molecule has 0 saturated heterocycles. The Morgan fingerprint density at radius 2 is 1.50 bits per heavy atom. The van der Waals surface area contributed by atoms with E-state index in [1.807, 2.05) is 31.2 Å². The summed E-state index contributed by atoms with van der Waals surface area (Å²) in [5.41, 5.74) is 0.283. The molecule has 1 N–H and O–H groups in total. The summed E-state index contributed by atoms with van der Waals surface area (Å²) >= 11 is 3.53. The van der Waals surface area contributed by atoms with E-state index in [1.54, 1.807) is 0 Å². The Bertz CT molecular complexity index is 373. The van der Waals surface area contributed by atoms with E-state index in [0.717, 1.165) is 22.9 Å². The first-order chi connectivity index (χ1) is 9.58. The van der Waals surface area contributed by atoms with Crippen LogP contribution in [0.5, 0.6) is 0 Å². The van der Waals surface area contributed by atoms with Gasteiger partial charge in [0.25, 0.3) is 0 Å². The molecule has 0 saturated carbocycles. The maximum atomic E-state index is 10.6. The summed E-state index contributed by atoms with van der Waals surface area (Å²) in [4.78, 5) is 0. The second kappa shape index (κ2) is 9.57. The molecule has 1 nitrogen and oxygen atoms in total. The van der Waals surface area contributed by atoms with Gasteiger partial charge in [0.05, 0.1) is 5.60 Å². The van der Waals surface area contributed by atoms with Gasteiger partial charge in [-0.15, -0.1) is 0 Å². The molecule has 0 spiro atoms. The van der Waals surface area contributed by atoms with Crippen LogP contribution >= 0.6 is 15.9 Å². The van der Waals surface area contributed by atoms with Crippen LogP contribution in [0, 0.1) is 0 Å². The second-order valence-corrected chi connectivity index (χ2v) is 6.83. The molecule has 1 unspecified atom stereocenters. The molecule has 1 rings (SSSR count). The molecule has 114 valence electrons. The van der Waals surface area contributed by atoms with Crippen molar-refractivity contribution in [3.8, 4) is 0 Å². The summed E-state index contributed by atoms with van der Waals surface area (Å²) in [6, 6.07) is 7.98. The Hall–Kier alpha value is -0.340. The summed E-state index contributed by atoms with van der Waals surface area (Å²) in [6.07, 6.45) is 11.2. The number of halogens is 1. The minimum Gasteiger partial charge on any atom is -0.385 e. The predicted molar refractivity (Wildman–Crippen MR) is 90.9 cm³/mol. The van der Waals surface area contributed by atoms with Gasteiger partial charge in [-0.25, -0.2) is 0 Å². The molecule has 20 heavy (non-hydrogen) atoms. The van der Waals surface area contributed by atoms with Crippen molar-refractivity contribution in [3.05, 3.63) is 34.3 Å². The highest BCUT2D eigenvalue weighted by molar-refractivity contribution is 9.10. The lowest BCUT2D eigenvalue weighted by Gasteiger charge is -2.25. The standard InChI is InChI=1S/C18H29BrO/c1-3-4-5-6-7-8-9-12-15-18(2,20)16-13-10-11-14-17(16)19/h10-11,13-14,20H,3-9,12,15H2,1-2H3. The molecule has 1 aromatic carbocycles. The van der Waals surface area contributed by atoms with Crippen molar-refractivity contribution in [1.82, 2.24) is 0 Å². The Balaban J connectivity index is 2.22. The predicted octanol–water partition coefficient (Wildman–Crippen LogP) is 6.19. The van der Waals surface area contributed by atoms with Gasteiger partial charge in [0.2, 0.25) is 0 Å². The largest absolute Gasteiger partial charge is 0.385 e. The number of benzene rings is 1. The van der Waals surface area contributed by atoms with Crippen LogP contribution in [0.4, 0.5) is 0 Å². The number of aliphatic hydroxyl groups is 1. The average Bonchev–Trinajstić information content (AvgIpc) is 2.42. The Labute approximate surface area is 132 Å². The highest BCUT2D eigenvalue weighted by Crippen LogP contribution is 2.32. The van der Waals surface area contributed by atoms with Gasteiger partial charge in [-0.05, 0) is 25.0 Å². The molecule has 0 fully saturated rings. The van der Waals surface area contributed by atoms with Gasteiger partial charge in [0.1, 0.15) is 0 Å². The highest BCUT2D eigenvalue weighted by atomic mass is 79.9. The third-order valence-corrected chi connectivity index (χ3v) is 4.66. The molecule has 0 radical (unpaired) electrons. The number of hydrogen-bond acceptors (Lipinski definition) is 1. The van der Waals surface area contributed by atoms with Gasteiger partial charge >= 0.3 is 0 Å². The van der Waals surface area contributed by atoms with E-state index in [0.29, 0.717) is 0 Å². The van der Waals surface area contributed by atoms with E-state index in [4.69, 9.17) is 0 Å². The molecule has 2 heteroatoms. The zero-order valence-electron chi connectivity index (χ0n) is 13.0. The summed E-state index contributed by atoms with van der Waals surface area (Å²) in [7, 11) is 0. The fourth-order valence-corrected chi connectivity index (χ4v) is 3.35. The van der Waals surface area contributed by atoms with Crippen LogP contribution in [-0.2, 0) is 5.60 Å². The van der Waals surface area contributed by atoms with Crippen molar-refractivity contribution in [2.45, 2.75) is 77.2 Å². The topological polar surface area (TPSA) is 20.2 Å². The van der Waals surface area contributed by atoms with Gasteiger partial charge in [-0.1, -0.05) is 92.4 Å². The zero-order chi connectivity index (χ0) is 14.8. The maximum Gasteiger partial charge on any atom is 0.0879 e. The first-order valence-corrected chi connectivity index (χ1v) is 8.84. The molecule has 0 aromatic heterocycles. The third-order valence-electron chi connectivity index (χ3n) is 3.97. The lowest BCUT2D eigenvalue weighted by molar-refractivity contribution is 0.0441.